The van der Waals surface area contributed by atoms with Crippen molar-refractivity contribution in [2.75, 3.05) is 0 Å². The third-order valence-corrected chi connectivity index (χ3v) is 4.20. The van der Waals surface area contributed by atoms with Gasteiger partial charge in [-0.1, -0.05) is 84.9 Å². The van der Waals surface area contributed by atoms with Crippen molar-refractivity contribution >= 4 is 0 Å². The van der Waals surface area contributed by atoms with Crippen molar-refractivity contribution in [3.05, 3.63) is 96.8 Å². The zero-order valence-corrected chi connectivity index (χ0v) is 14.1. The van der Waals surface area contributed by atoms with E-state index in [1.807, 2.05) is 31.2 Å². The van der Waals surface area contributed by atoms with E-state index < -0.39 is 0 Å². The highest BCUT2D eigenvalue weighted by molar-refractivity contribution is 5.83. The molecule has 0 fully saturated rings. The first-order chi connectivity index (χ1) is 12.3. The SMILES string of the molecule is Cc1nc(-c2ccccc2)cc(-c2ccccc2-c2ccccc2)n1. The van der Waals surface area contributed by atoms with Crippen molar-refractivity contribution in [3.63, 3.8) is 0 Å². The second kappa shape index (κ2) is 6.70. The normalized spacial score (nSPS) is 10.6. The lowest BCUT2D eigenvalue weighted by Crippen LogP contribution is -1.96. The molecule has 0 saturated carbocycles. The fourth-order valence-corrected chi connectivity index (χ4v) is 3.04. The molecular formula is C23H18N2. The molecule has 1 aromatic heterocycles. The summed E-state index contributed by atoms with van der Waals surface area (Å²) in [6.45, 7) is 1.95. The maximum atomic E-state index is 4.70. The van der Waals surface area contributed by atoms with Crippen LogP contribution < -0.4 is 0 Å². The summed E-state index contributed by atoms with van der Waals surface area (Å²) in [5, 5.41) is 0. The molecule has 0 radical (unpaired) electrons. The van der Waals surface area contributed by atoms with Crippen molar-refractivity contribution < 1.29 is 0 Å². The van der Waals surface area contributed by atoms with Crippen molar-refractivity contribution in [3.8, 4) is 33.6 Å². The van der Waals surface area contributed by atoms with Gasteiger partial charge < -0.3 is 0 Å². The fraction of sp³-hybridized carbons (Fsp3) is 0.0435. The summed E-state index contributed by atoms with van der Waals surface area (Å²) in [7, 11) is 0. The van der Waals surface area contributed by atoms with Gasteiger partial charge in [-0.05, 0) is 24.1 Å². The molecule has 3 aromatic carbocycles. The molecule has 2 nitrogen and oxygen atoms in total. The number of hydrogen-bond donors (Lipinski definition) is 0. The van der Waals surface area contributed by atoms with E-state index in [1.165, 1.54) is 11.1 Å². The van der Waals surface area contributed by atoms with E-state index in [4.69, 9.17) is 4.98 Å². The third kappa shape index (κ3) is 3.20. The second-order valence-corrected chi connectivity index (χ2v) is 5.96. The minimum absolute atomic E-state index is 0.777. The number of aryl methyl sites for hydroxylation is 1. The molecule has 0 saturated heterocycles. The molecule has 0 aliphatic rings. The predicted octanol–water partition coefficient (Wildman–Crippen LogP) is 5.79. The number of benzene rings is 3. The Hall–Kier alpha value is -3.26. The summed E-state index contributed by atoms with van der Waals surface area (Å²) in [4.78, 5) is 9.33. The number of rotatable bonds is 3. The molecule has 0 atom stereocenters. The van der Waals surface area contributed by atoms with Gasteiger partial charge in [0.15, 0.2) is 0 Å². The van der Waals surface area contributed by atoms with Crippen molar-refractivity contribution in [1.29, 1.82) is 0 Å². The highest BCUT2D eigenvalue weighted by atomic mass is 14.9. The van der Waals surface area contributed by atoms with Gasteiger partial charge in [-0.25, -0.2) is 9.97 Å². The monoisotopic (exact) mass is 322 g/mol. The van der Waals surface area contributed by atoms with Crippen LogP contribution in [0.3, 0.4) is 0 Å². The molecule has 25 heavy (non-hydrogen) atoms. The lowest BCUT2D eigenvalue weighted by Gasteiger charge is -2.11. The smallest absolute Gasteiger partial charge is 0.126 e. The van der Waals surface area contributed by atoms with Gasteiger partial charge in [0.25, 0.3) is 0 Å². The third-order valence-electron chi connectivity index (χ3n) is 4.20. The van der Waals surface area contributed by atoms with Crippen molar-refractivity contribution in [2.45, 2.75) is 6.92 Å². The van der Waals surface area contributed by atoms with Crippen molar-refractivity contribution in [1.82, 2.24) is 9.97 Å². The Bertz CT molecular complexity index is 993. The molecule has 0 spiro atoms. The van der Waals surface area contributed by atoms with E-state index in [0.29, 0.717) is 0 Å². The molecule has 0 N–H and O–H groups in total. The molecule has 0 bridgehead atoms. The summed E-state index contributed by atoms with van der Waals surface area (Å²) in [5.41, 5.74) is 6.50. The van der Waals surface area contributed by atoms with E-state index in [1.54, 1.807) is 0 Å². The maximum absolute atomic E-state index is 4.70. The molecule has 0 amide bonds. The van der Waals surface area contributed by atoms with Gasteiger partial charge in [-0.15, -0.1) is 0 Å². The van der Waals surface area contributed by atoms with E-state index >= 15 is 0 Å². The average molecular weight is 322 g/mol. The molecular weight excluding hydrogens is 304 g/mol. The fourth-order valence-electron chi connectivity index (χ4n) is 3.04. The van der Waals surface area contributed by atoms with Crippen LogP contribution in [0.25, 0.3) is 33.6 Å². The van der Waals surface area contributed by atoms with Crippen LogP contribution in [0.4, 0.5) is 0 Å². The first kappa shape index (κ1) is 15.3. The first-order valence-electron chi connectivity index (χ1n) is 8.37. The van der Waals surface area contributed by atoms with Gasteiger partial charge in [-0.2, -0.15) is 0 Å². The largest absolute Gasteiger partial charge is 0.233 e. The molecule has 4 rings (SSSR count). The lowest BCUT2D eigenvalue weighted by molar-refractivity contribution is 1.06. The molecule has 4 aromatic rings. The van der Waals surface area contributed by atoms with Gasteiger partial charge >= 0.3 is 0 Å². The molecule has 0 aliphatic heterocycles. The lowest BCUT2D eigenvalue weighted by atomic mass is 9.97. The van der Waals surface area contributed by atoms with Crippen molar-refractivity contribution in [2.24, 2.45) is 0 Å². The number of hydrogen-bond acceptors (Lipinski definition) is 2. The Morgan fingerprint density at radius 1 is 0.520 bits per heavy atom. The topological polar surface area (TPSA) is 25.8 Å². The maximum Gasteiger partial charge on any atom is 0.126 e. The van der Waals surface area contributed by atoms with Crippen LogP contribution in [0.5, 0.6) is 0 Å². The highest BCUT2D eigenvalue weighted by Crippen LogP contribution is 2.32. The summed E-state index contributed by atoms with van der Waals surface area (Å²) >= 11 is 0. The Balaban J connectivity index is 1.88. The Kier molecular flexibility index (Phi) is 4.09. The van der Waals surface area contributed by atoms with Gasteiger partial charge in [0, 0.05) is 11.1 Å². The van der Waals surface area contributed by atoms with E-state index in [-0.39, 0.29) is 0 Å². The zero-order chi connectivity index (χ0) is 17.1. The molecule has 1 heterocycles. The Morgan fingerprint density at radius 3 is 1.72 bits per heavy atom. The van der Waals surface area contributed by atoms with Gasteiger partial charge in [0.2, 0.25) is 0 Å². The van der Waals surface area contributed by atoms with E-state index in [0.717, 1.165) is 28.3 Å². The van der Waals surface area contributed by atoms with Crippen LogP contribution in [0, 0.1) is 6.92 Å². The Morgan fingerprint density at radius 2 is 1.04 bits per heavy atom. The molecule has 0 unspecified atom stereocenters. The van der Waals surface area contributed by atoms with Gasteiger partial charge in [0.1, 0.15) is 5.82 Å². The first-order valence-corrected chi connectivity index (χ1v) is 8.37. The minimum atomic E-state index is 0.777. The van der Waals surface area contributed by atoms with E-state index in [2.05, 4.69) is 71.7 Å². The summed E-state index contributed by atoms with van der Waals surface area (Å²) in [6, 6.07) is 31.1. The van der Waals surface area contributed by atoms with Crippen LogP contribution in [-0.4, -0.2) is 9.97 Å². The molecule has 120 valence electrons. The van der Waals surface area contributed by atoms with Crippen LogP contribution in [0.2, 0.25) is 0 Å². The van der Waals surface area contributed by atoms with Gasteiger partial charge in [0.05, 0.1) is 11.4 Å². The number of nitrogens with zero attached hydrogens (tertiary/aromatic N) is 2. The number of aromatic nitrogens is 2. The average Bonchev–Trinajstić information content (AvgIpc) is 2.69. The second-order valence-electron chi connectivity index (χ2n) is 5.96. The van der Waals surface area contributed by atoms with Crippen LogP contribution in [0.1, 0.15) is 5.82 Å². The summed E-state index contributed by atoms with van der Waals surface area (Å²) in [6.07, 6.45) is 0. The Labute approximate surface area is 147 Å². The van der Waals surface area contributed by atoms with Crippen LogP contribution in [0.15, 0.2) is 91.0 Å². The summed E-state index contributed by atoms with van der Waals surface area (Å²) < 4.78 is 0. The quantitative estimate of drug-likeness (QED) is 0.477. The predicted molar refractivity (Wildman–Crippen MR) is 103 cm³/mol. The highest BCUT2D eigenvalue weighted by Gasteiger charge is 2.11. The van der Waals surface area contributed by atoms with Gasteiger partial charge in [-0.3, -0.25) is 0 Å². The molecule has 2 heteroatoms. The summed E-state index contributed by atoms with van der Waals surface area (Å²) in [5.74, 6) is 0.777. The zero-order valence-electron chi connectivity index (χ0n) is 14.1. The van der Waals surface area contributed by atoms with Crippen LogP contribution in [-0.2, 0) is 0 Å². The van der Waals surface area contributed by atoms with Crippen LogP contribution >= 0.6 is 0 Å². The standard InChI is InChI=1S/C23H18N2/c1-17-24-22(19-12-6-3-7-13-19)16-23(25-17)21-15-9-8-14-20(21)18-10-4-2-5-11-18/h2-16H,1H3. The van der Waals surface area contributed by atoms with E-state index in [9.17, 15) is 0 Å². The minimum Gasteiger partial charge on any atom is -0.233 e. The molecule has 0 aliphatic carbocycles.